The zero-order valence-corrected chi connectivity index (χ0v) is 7.43. The molecule has 1 aliphatic heterocycles. The van der Waals surface area contributed by atoms with Crippen LogP contribution in [0.3, 0.4) is 0 Å². The molecule has 0 aromatic rings. The van der Waals surface area contributed by atoms with Crippen LogP contribution in [-0.4, -0.2) is 31.1 Å². The van der Waals surface area contributed by atoms with Crippen LogP contribution in [0.5, 0.6) is 0 Å². The maximum atomic E-state index is 11.2. The fourth-order valence-electron chi connectivity index (χ4n) is 1.97. The molecule has 2 fully saturated rings. The third-order valence-corrected chi connectivity index (χ3v) is 2.64. The number of hydrogen-bond donors (Lipinski definition) is 0. The number of ether oxygens (including phenoxy) is 2. The molecule has 72 valence electrons. The average Bonchev–Trinajstić information content (AvgIpc) is 2.63. The van der Waals surface area contributed by atoms with Gasteiger partial charge in [0.05, 0.1) is 18.6 Å². The van der Waals surface area contributed by atoms with Crippen LogP contribution in [0, 0.1) is 11.8 Å². The molecule has 0 bridgehead atoms. The highest BCUT2D eigenvalue weighted by molar-refractivity contribution is 5.78. The van der Waals surface area contributed by atoms with E-state index in [1.807, 2.05) is 0 Å². The summed E-state index contributed by atoms with van der Waals surface area (Å²) >= 11 is 0. The molecule has 4 nitrogen and oxygen atoms in total. The van der Waals surface area contributed by atoms with Gasteiger partial charge in [-0.1, -0.05) is 0 Å². The van der Waals surface area contributed by atoms with Gasteiger partial charge < -0.3 is 14.3 Å². The highest BCUT2D eigenvalue weighted by Crippen LogP contribution is 2.51. The Balaban J connectivity index is 1.84. The molecular weight excluding hydrogens is 172 g/mol. The molecule has 1 saturated heterocycles. The summed E-state index contributed by atoms with van der Waals surface area (Å²) in [5, 5.41) is 0. The van der Waals surface area contributed by atoms with E-state index in [0.717, 1.165) is 6.29 Å². The lowest BCUT2D eigenvalue weighted by atomic mass is 10.2. The summed E-state index contributed by atoms with van der Waals surface area (Å²) in [4.78, 5) is 21.6. The van der Waals surface area contributed by atoms with E-state index in [-0.39, 0.29) is 30.0 Å². The van der Waals surface area contributed by atoms with Crippen molar-refractivity contribution in [3.05, 3.63) is 0 Å². The van der Waals surface area contributed by atoms with Crippen molar-refractivity contribution in [1.29, 1.82) is 0 Å². The lowest BCUT2D eigenvalue weighted by Crippen LogP contribution is -2.18. The highest BCUT2D eigenvalue weighted by atomic mass is 16.5. The zero-order chi connectivity index (χ0) is 9.42. The van der Waals surface area contributed by atoms with Crippen molar-refractivity contribution >= 4 is 12.3 Å². The van der Waals surface area contributed by atoms with Crippen molar-refractivity contribution in [2.45, 2.75) is 25.6 Å². The van der Waals surface area contributed by atoms with Crippen molar-refractivity contribution < 1.29 is 19.1 Å². The molecule has 4 heteroatoms. The van der Waals surface area contributed by atoms with E-state index in [9.17, 15) is 9.59 Å². The van der Waals surface area contributed by atoms with Gasteiger partial charge in [-0.05, 0) is 13.3 Å². The second-order valence-corrected chi connectivity index (χ2v) is 3.45. The summed E-state index contributed by atoms with van der Waals surface area (Å²) in [5.41, 5.74) is 0. The number of fused-ring (bicyclic) bond motifs is 1. The van der Waals surface area contributed by atoms with Gasteiger partial charge in [0, 0.05) is 5.92 Å². The van der Waals surface area contributed by atoms with Crippen LogP contribution in [0.25, 0.3) is 0 Å². The molecule has 4 atom stereocenters. The Kier molecular flexibility index (Phi) is 2.07. The zero-order valence-electron chi connectivity index (χ0n) is 7.43. The minimum absolute atomic E-state index is 0.0470. The van der Waals surface area contributed by atoms with Gasteiger partial charge >= 0.3 is 5.97 Å². The van der Waals surface area contributed by atoms with E-state index >= 15 is 0 Å². The van der Waals surface area contributed by atoms with E-state index in [2.05, 4.69) is 0 Å². The van der Waals surface area contributed by atoms with Gasteiger partial charge in [0.1, 0.15) is 12.4 Å². The number of hydrogen-bond acceptors (Lipinski definition) is 4. The molecule has 1 heterocycles. The molecule has 13 heavy (non-hydrogen) atoms. The third kappa shape index (κ3) is 1.35. The van der Waals surface area contributed by atoms with E-state index in [4.69, 9.17) is 9.47 Å². The van der Waals surface area contributed by atoms with Crippen molar-refractivity contribution in [3.63, 3.8) is 0 Å². The van der Waals surface area contributed by atoms with Crippen molar-refractivity contribution in [2.24, 2.45) is 11.8 Å². The van der Waals surface area contributed by atoms with Gasteiger partial charge in [0.15, 0.2) is 0 Å². The smallest absolute Gasteiger partial charge is 0.311 e. The Bertz CT molecular complexity index is 226. The number of carbonyl (C=O) groups excluding carboxylic acids is 2. The first-order chi connectivity index (χ1) is 6.27. The number of aldehydes is 1. The van der Waals surface area contributed by atoms with Crippen LogP contribution in [0.1, 0.15) is 13.3 Å². The summed E-state index contributed by atoms with van der Waals surface area (Å²) < 4.78 is 10.2. The molecule has 2 aliphatic rings. The molecule has 0 radical (unpaired) electrons. The van der Waals surface area contributed by atoms with Gasteiger partial charge in [0.25, 0.3) is 0 Å². The van der Waals surface area contributed by atoms with Crippen LogP contribution in [-0.2, 0) is 19.1 Å². The molecule has 0 aromatic carbocycles. The maximum absolute atomic E-state index is 11.2. The molecule has 0 aromatic heterocycles. The Morgan fingerprint density at radius 1 is 1.69 bits per heavy atom. The molecule has 1 saturated carbocycles. The third-order valence-electron chi connectivity index (χ3n) is 2.64. The lowest BCUT2D eigenvalue weighted by Gasteiger charge is -2.07. The second kappa shape index (κ2) is 3.10. The number of esters is 1. The Morgan fingerprint density at radius 3 is 2.92 bits per heavy atom. The molecule has 0 N–H and O–H groups in total. The summed E-state index contributed by atoms with van der Waals surface area (Å²) in [5.74, 6) is -0.0488. The first-order valence-electron chi connectivity index (χ1n) is 4.55. The molecule has 0 unspecified atom stereocenters. The van der Waals surface area contributed by atoms with Crippen molar-refractivity contribution in [1.82, 2.24) is 0 Å². The predicted molar refractivity (Wildman–Crippen MR) is 43.0 cm³/mol. The van der Waals surface area contributed by atoms with E-state index in [1.165, 1.54) is 0 Å². The SMILES string of the molecule is CCOC(=O)[C@H]1[C@@H]2C[C@H](C=O)O[C@@H]21. The van der Waals surface area contributed by atoms with Crippen LogP contribution >= 0.6 is 0 Å². The van der Waals surface area contributed by atoms with Crippen molar-refractivity contribution in [2.75, 3.05) is 6.61 Å². The molecule has 0 amide bonds. The van der Waals surface area contributed by atoms with E-state index in [1.54, 1.807) is 6.92 Å². The van der Waals surface area contributed by atoms with Crippen LogP contribution in [0.4, 0.5) is 0 Å². The molecule has 2 rings (SSSR count). The summed E-state index contributed by atoms with van der Waals surface area (Å²) in [6.45, 7) is 2.19. The average molecular weight is 184 g/mol. The van der Waals surface area contributed by atoms with Crippen LogP contribution in [0.15, 0.2) is 0 Å². The van der Waals surface area contributed by atoms with Crippen LogP contribution in [0.2, 0.25) is 0 Å². The van der Waals surface area contributed by atoms with Gasteiger partial charge in [-0.25, -0.2) is 0 Å². The fourth-order valence-corrected chi connectivity index (χ4v) is 1.97. The largest absolute Gasteiger partial charge is 0.466 e. The maximum Gasteiger partial charge on any atom is 0.311 e. The van der Waals surface area contributed by atoms with Crippen LogP contribution < -0.4 is 0 Å². The van der Waals surface area contributed by atoms with Gasteiger partial charge in [0.2, 0.25) is 0 Å². The molecule has 1 aliphatic carbocycles. The minimum Gasteiger partial charge on any atom is -0.466 e. The standard InChI is InChI=1S/C9H12O4/c1-2-12-9(11)7-6-3-5(4-10)13-8(6)7/h4-8H,2-3H2,1H3/t5-,6+,7+,8+/m1/s1. The highest BCUT2D eigenvalue weighted by Gasteiger charge is 2.62. The van der Waals surface area contributed by atoms with E-state index in [0.29, 0.717) is 13.0 Å². The van der Waals surface area contributed by atoms with E-state index < -0.39 is 0 Å². The normalized spacial score (nSPS) is 41.0. The first kappa shape index (κ1) is 8.69. The van der Waals surface area contributed by atoms with Gasteiger partial charge in [-0.2, -0.15) is 0 Å². The Labute approximate surface area is 76.2 Å². The van der Waals surface area contributed by atoms with Gasteiger partial charge in [-0.3, -0.25) is 4.79 Å². The predicted octanol–water partition coefficient (Wildman–Crippen LogP) is 0.152. The number of carbonyl (C=O) groups is 2. The minimum atomic E-state index is -0.291. The monoisotopic (exact) mass is 184 g/mol. The lowest BCUT2D eigenvalue weighted by molar-refractivity contribution is -0.147. The molecular formula is C9H12O4. The summed E-state index contributed by atoms with van der Waals surface area (Å²) in [7, 11) is 0. The Morgan fingerprint density at radius 2 is 2.46 bits per heavy atom. The number of rotatable bonds is 3. The Hall–Kier alpha value is -0.900. The quantitative estimate of drug-likeness (QED) is 0.463. The summed E-state index contributed by atoms with van der Waals surface area (Å²) in [6.07, 6.45) is 1.14. The van der Waals surface area contributed by atoms with Gasteiger partial charge in [-0.15, -0.1) is 0 Å². The topological polar surface area (TPSA) is 52.6 Å². The van der Waals surface area contributed by atoms with Crippen molar-refractivity contribution in [3.8, 4) is 0 Å². The summed E-state index contributed by atoms with van der Waals surface area (Å²) in [6, 6.07) is 0. The first-order valence-corrected chi connectivity index (χ1v) is 4.55. The second-order valence-electron chi connectivity index (χ2n) is 3.45. The fraction of sp³-hybridized carbons (Fsp3) is 0.778. The molecule has 0 spiro atoms.